The molecule has 0 aliphatic carbocycles. The van der Waals surface area contributed by atoms with Crippen LogP contribution < -0.4 is 4.74 Å². The molecule has 0 saturated carbocycles. The van der Waals surface area contributed by atoms with Crippen molar-refractivity contribution >= 4 is 15.9 Å². The van der Waals surface area contributed by atoms with Gasteiger partial charge in [0.15, 0.2) is 5.79 Å². The Morgan fingerprint density at radius 1 is 1.09 bits per heavy atom. The minimum Gasteiger partial charge on any atom is -0.497 e. The molecule has 0 aromatic heterocycles. The van der Waals surface area contributed by atoms with Crippen LogP contribution in [0, 0.1) is 31.1 Å². The molecular weight excluding hydrogens is 570 g/mol. The third kappa shape index (κ3) is 4.84. The molecule has 2 aromatic rings. The number of hydrogen-bond donors (Lipinski definition) is 1. The van der Waals surface area contributed by atoms with Gasteiger partial charge in [-0.05, 0) is 30.2 Å². The maximum Gasteiger partial charge on any atom is 0.192 e. The summed E-state index contributed by atoms with van der Waals surface area (Å²) in [5, 5.41) is 10.7. The summed E-state index contributed by atoms with van der Waals surface area (Å²) < 4.78 is 11.6. The minimum absolute atomic E-state index is 0. The SMILES string of the molecule is COc1ccc(Br)c(CCC(O)(OC)c2ccccc2)c1.[U]. The van der Waals surface area contributed by atoms with Crippen LogP contribution in [0.5, 0.6) is 5.75 Å². The quantitative estimate of drug-likeness (QED) is 0.521. The number of ether oxygens (including phenoxy) is 2. The molecule has 2 rings (SSSR count). The Bertz CT molecular complexity index is 592. The van der Waals surface area contributed by atoms with E-state index in [1.54, 1.807) is 7.11 Å². The summed E-state index contributed by atoms with van der Waals surface area (Å²) in [4.78, 5) is 0. The zero-order chi connectivity index (χ0) is 15.3. The number of halogens is 1. The van der Waals surface area contributed by atoms with Crippen LogP contribution in [0.15, 0.2) is 53.0 Å². The molecule has 22 heavy (non-hydrogen) atoms. The number of benzene rings is 2. The first-order valence-electron chi connectivity index (χ1n) is 6.74. The molecule has 0 bridgehead atoms. The van der Waals surface area contributed by atoms with E-state index in [0.29, 0.717) is 12.8 Å². The molecular formula is C17H19BrO3U. The fraction of sp³-hybridized carbons (Fsp3) is 0.294. The average Bonchev–Trinajstić information content (AvgIpc) is 2.54. The number of aryl methyl sites for hydroxylation is 1. The largest absolute Gasteiger partial charge is 0.497 e. The number of rotatable bonds is 6. The molecule has 1 unspecified atom stereocenters. The van der Waals surface area contributed by atoms with Crippen molar-refractivity contribution in [1.29, 1.82) is 0 Å². The average molecular weight is 589 g/mol. The number of aliphatic hydroxyl groups is 1. The maximum absolute atomic E-state index is 10.7. The van der Waals surface area contributed by atoms with E-state index in [1.807, 2.05) is 48.5 Å². The molecule has 0 radical (unpaired) electrons. The third-order valence-electron chi connectivity index (χ3n) is 3.55. The Hall–Kier alpha value is -0.308. The van der Waals surface area contributed by atoms with Crippen LogP contribution in [0.1, 0.15) is 17.5 Å². The van der Waals surface area contributed by atoms with E-state index < -0.39 is 5.79 Å². The Labute approximate surface area is 163 Å². The smallest absolute Gasteiger partial charge is 0.192 e. The maximum atomic E-state index is 10.7. The predicted octanol–water partition coefficient (Wildman–Crippen LogP) is 3.88. The van der Waals surface area contributed by atoms with Crippen molar-refractivity contribution in [3.63, 3.8) is 0 Å². The molecule has 0 saturated heterocycles. The summed E-state index contributed by atoms with van der Waals surface area (Å²) in [6.45, 7) is 0. The zero-order valence-electron chi connectivity index (χ0n) is 12.7. The summed E-state index contributed by atoms with van der Waals surface area (Å²) in [5.74, 6) is -0.488. The van der Waals surface area contributed by atoms with Gasteiger partial charge in [0.05, 0.1) is 7.11 Å². The van der Waals surface area contributed by atoms with Crippen molar-refractivity contribution < 1.29 is 45.7 Å². The topological polar surface area (TPSA) is 38.7 Å². The Morgan fingerprint density at radius 2 is 1.77 bits per heavy atom. The van der Waals surface area contributed by atoms with E-state index in [2.05, 4.69) is 15.9 Å². The summed E-state index contributed by atoms with van der Waals surface area (Å²) in [7, 11) is 3.16. The Morgan fingerprint density at radius 3 is 2.36 bits per heavy atom. The van der Waals surface area contributed by atoms with Gasteiger partial charge in [0.25, 0.3) is 0 Å². The van der Waals surface area contributed by atoms with E-state index in [1.165, 1.54) is 7.11 Å². The van der Waals surface area contributed by atoms with E-state index in [9.17, 15) is 5.11 Å². The number of hydrogen-bond acceptors (Lipinski definition) is 3. The van der Waals surface area contributed by atoms with Crippen molar-refractivity contribution in [3.8, 4) is 5.75 Å². The van der Waals surface area contributed by atoms with Gasteiger partial charge in [0, 0.05) is 54.7 Å². The Kier molecular flexibility index (Phi) is 8.17. The zero-order valence-corrected chi connectivity index (χ0v) is 18.4. The van der Waals surface area contributed by atoms with Crippen LogP contribution in [0.4, 0.5) is 0 Å². The van der Waals surface area contributed by atoms with E-state index >= 15 is 0 Å². The van der Waals surface area contributed by atoms with Crippen molar-refractivity contribution in [2.75, 3.05) is 14.2 Å². The van der Waals surface area contributed by atoms with Gasteiger partial charge in [0.2, 0.25) is 0 Å². The molecule has 0 amide bonds. The van der Waals surface area contributed by atoms with Crippen molar-refractivity contribution in [1.82, 2.24) is 0 Å². The Balaban J connectivity index is 0.00000242. The predicted molar refractivity (Wildman–Crippen MR) is 86.4 cm³/mol. The van der Waals surface area contributed by atoms with Crippen LogP contribution in [0.25, 0.3) is 0 Å². The summed E-state index contributed by atoms with van der Waals surface area (Å²) in [6, 6.07) is 15.2. The second-order valence-corrected chi connectivity index (χ2v) is 5.67. The van der Waals surface area contributed by atoms with Crippen LogP contribution in [-0.4, -0.2) is 19.3 Å². The molecule has 0 fully saturated rings. The molecule has 5 heteroatoms. The molecule has 0 heterocycles. The van der Waals surface area contributed by atoms with E-state index in [4.69, 9.17) is 9.47 Å². The standard InChI is InChI=1S/C17H19BrO3.U/c1-20-15-8-9-16(18)13(12-15)10-11-17(19,21-2)14-6-4-3-5-7-14;/h3-9,12,19H,10-11H2,1-2H3;. The van der Waals surface area contributed by atoms with Crippen LogP contribution in [0.2, 0.25) is 0 Å². The third-order valence-corrected chi connectivity index (χ3v) is 4.32. The van der Waals surface area contributed by atoms with Crippen molar-refractivity contribution in [3.05, 3.63) is 64.1 Å². The summed E-state index contributed by atoms with van der Waals surface area (Å²) in [5.41, 5.74) is 1.83. The molecule has 2 aromatic carbocycles. The first kappa shape index (κ1) is 19.7. The van der Waals surface area contributed by atoms with E-state index in [-0.39, 0.29) is 31.1 Å². The first-order chi connectivity index (χ1) is 10.1. The van der Waals surface area contributed by atoms with Gasteiger partial charge >= 0.3 is 0 Å². The molecule has 3 nitrogen and oxygen atoms in total. The van der Waals surface area contributed by atoms with Crippen molar-refractivity contribution in [2.45, 2.75) is 18.6 Å². The monoisotopic (exact) mass is 588 g/mol. The normalized spacial score (nSPS) is 13.1. The second kappa shape index (κ2) is 9.10. The van der Waals surface area contributed by atoms with Gasteiger partial charge in [-0.25, -0.2) is 0 Å². The molecule has 1 N–H and O–H groups in total. The summed E-state index contributed by atoms with van der Waals surface area (Å²) >= 11 is 3.53. The fourth-order valence-electron chi connectivity index (χ4n) is 2.24. The van der Waals surface area contributed by atoms with Crippen LogP contribution in [-0.2, 0) is 16.9 Å². The van der Waals surface area contributed by atoms with E-state index in [0.717, 1.165) is 21.3 Å². The molecule has 116 valence electrons. The molecule has 0 spiro atoms. The van der Waals surface area contributed by atoms with Crippen molar-refractivity contribution in [2.24, 2.45) is 0 Å². The van der Waals surface area contributed by atoms with Gasteiger partial charge < -0.3 is 14.6 Å². The molecule has 0 aliphatic heterocycles. The summed E-state index contributed by atoms with van der Waals surface area (Å²) in [6.07, 6.45) is 1.12. The first-order valence-corrected chi connectivity index (χ1v) is 7.54. The van der Waals surface area contributed by atoms with Crippen LogP contribution in [0.3, 0.4) is 0 Å². The molecule has 1 atom stereocenters. The van der Waals surface area contributed by atoms with Gasteiger partial charge in [-0.1, -0.05) is 46.3 Å². The van der Waals surface area contributed by atoms with Gasteiger partial charge in [-0.2, -0.15) is 0 Å². The number of methoxy groups -OCH3 is 2. The minimum atomic E-state index is -1.29. The molecule has 0 aliphatic rings. The van der Waals surface area contributed by atoms with Crippen LogP contribution >= 0.6 is 15.9 Å². The second-order valence-electron chi connectivity index (χ2n) is 4.81. The van der Waals surface area contributed by atoms with Gasteiger partial charge in [0.1, 0.15) is 5.75 Å². The van der Waals surface area contributed by atoms with Gasteiger partial charge in [-0.15, -0.1) is 0 Å². The fourth-order valence-corrected chi connectivity index (χ4v) is 2.68. The van der Waals surface area contributed by atoms with Gasteiger partial charge in [-0.3, -0.25) is 0 Å².